The van der Waals surface area contributed by atoms with Gasteiger partial charge in [-0.2, -0.15) is 4.57 Å². The zero-order chi connectivity index (χ0) is 57.0. The summed E-state index contributed by atoms with van der Waals surface area (Å²) in [5.74, 6) is 0. The van der Waals surface area contributed by atoms with Gasteiger partial charge in [0.05, 0.1) is 11.0 Å². The summed E-state index contributed by atoms with van der Waals surface area (Å²) in [6, 6.07) is 102. The average Bonchev–Trinajstić information content (AvgIpc) is 1.07. The van der Waals surface area contributed by atoms with Gasteiger partial charge in [0.25, 0.3) is 0 Å². The lowest BCUT2D eigenvalue weighted by atomic mass is 9.63. The molecule has 13 rings (SSSR count). The predicted molar refractivity (Wildman–Crippen MR) is 352 cm³/mol. The minimum Gasteiger partial charge on any atom is -0.201 e. The number of nitrogens with zero attached hydrogens (tertiary/aromatic N) is 2. The Balaban J connectivity index is 0.976. The van der Waals surface area contributed by atoms with E-state index in [9.17, 15) is 0 Å². The largest absolute Gasteiger partial charge is 0.213 e. The highest BCUT2D eigenvalue weighted by atomic mass is 15.0. The summed E-state index contributed by atoms with van der Waals surface area (Å²) < 4.78 is 4.90. The zero-order valence-electron chi connectivity index (χ0n) is 48.8. The van der Waals surface area contributed by atoms with Gasteiger partial charge in [-0.3, -0.25) is 0 Å². The van der Waals surface area contributed by atoms with Crippen LogP contribution in [0.1, 0.15) is 69.2 Å². The summed E-state index contributed by atoms with van der Waals surface area (Å²) in [6.07, 6.45) is 11.0. The van der Waals surface area contributed by atoms with Gasteiger partial charge >= 0.3 is 0 Å². The SMILES string of the molecule is CCCCc1ccc2c(c1)C(CC)(Cc1ccc(-c3cccc(-c4cc(-c5cc(-c6ccccc6)cc(-c6ccccc6)c5)cc(-c5cc(-c6ccccc6)cc(-c6ccccc6)c5)c4)c3)cc1-c1cccc[n+]1C)C(CC)[n+]1ccccc1-2. The zero-order valence-corrected chi connectivity index (χ0v) is 48.8. The van der Waals surface area contributed by atoms with Crippen molar-refractivity contribution >= 4 is 0 Å². The van der Waals surface area contributed by atoms with E-state index in [-0.39, 0.29) is 5.41 Å². The van der Waals surface area contributed by atoms with Crippen molar-refractivity contribution in [2.24, 2.45) is 7.05 Å². The number of aromatic nitrogens is 2. The van der Waals surface area contributed by atoms with E-state index in [0.29, 0.717) is 6.04 Å². The fraction of sp³-hybridized carbons (Fsp3) is 0.146. The Morgan fingerprint density at radius 3 is 1.24 bits per heavy atom. The van der Waals surface area contributed by atoms with Crippen molar-refractivity contribution in [2.75, 3.05) is 0 Å². The van der Waals surface area contributed by atoms with Gasteiger partial charge in [-0.1, -0.05) is 191 Å². The van der Waals surface area contributed by atoms with E-state index in [0.717, 1.165) is 42.4 Å². The fourth-order valence-corrected chi connectivity index (χ4v) is 13.6. The molecular weight excluding hydrogens is 1010 g/mol. The number of hydrogen-bond donors (Lipinski definition) is 0. The van der Waals surface area contributed by atoms with Crippen LogP contribution in [0, 0.1) is 0 Å². The van der Waals surface area contributed by atoms with Crippen LogP contribution in [0.4, 0.5) is 0 Å². The second kappa shape index (κ2) is 23.8. The maximum absolute atomic E-state index is 2.60. The lowest BCUT2D eigenvalue weighted by Gasteiger charge is -2.42. The third-order valence-electron chi connectivity index (χ3n) is 18.0. The van der Waals surface area contributed by atoms with Crippen molar-refractivity contribution in [1.82, 2.24) is 0 Å². The van der Waals surface area contributed by atoms with Gasteiger partial charge in [-0.05, 0) is 216 Å². The van der Waals surface area contributed by atoms with Crippen molar-refractivity contribution < 1.29 is 9.13 Å². The van der Waals surface area contributed by atoms with Crippen LogP contribution in [0.3, 0.4) is 0 Å². The van der Waals surface area contributed by atoms with Crippen LogP contribution in [0.5, 0.6) is 0 Å². The smallest absolute Gasteiger partial charge is 0.201 e. The van der Waals surface area contributed by atoms with Crippen LogP contribution >= 0.6 is 0 Å². The molecule has 1 aliphatic rings. The van der Waals surface area contributed by atoms with Crippen LogP contribution in [-0.4, -0.2) is 0 Å². The van der Waals surface area contributed by atoms with E-state index in [1.807, 2.05) is 0 Å². The summed E-state index contributed by atoms with van der Waals surface area (Å²) >= 11 is 0. The van der Waals surface area contributed by atoms with Crippen LogP contribution in [0.2, 0.25) is 0 Å². The summed E-state index contributed by atoms with van der Waals surface area (Å²) in [7, 11) is 2.19. The molecule has 2 nitrogen and oxygen atoms in total. The van der Waals surface area contributed by atoms with Crippen LogP contribution in [0.15, 0.2) is 285 Å². The summed E-state index contributed by atoms with van der Waals surface area (Å²) in [6.45, 7) is 7.13. The van der Waals surface area contributed by atoms with Gasteiger partial charge in [0.15, 0.2) is 18.4 Å². The Labute approximate surface area is 497 Å². The van der Waals surface area contributed by atoms with Crippen molar-refractivity contribution in [1.29, 1.82) is 0 Å². The first-order chi connectivity index (χ1) is 41.4. The van der Waals surface area contributed by atoms with Gasteiger partial charge in [-0.25, -0.2) is 4.57 Å². The quantitative estimate of drug-likeness (QED) is 0.0852. The Hall–Kier alpha value is -9.50. The third-order valence-corrected chi connectivity index (χ3v) is 18.0. The molecule has 0 saturated carbocycles. The molecule has 0 N–H and O–H groups in total. The van der Waals surface area contributed by atoms with Crippen molar-refractivity contribution in [3.8, 4) is 112 Å². The first kappa shape index (κ1) is 53.8. The number of hydrogen-bond acceptors (Lipinski definition) is 0. The highest BCUT2D eigenvalue weighted by Gasteiger charge is 2.50. The lowest BCUT2D eigenvalue weighted by molar-refractivity contribution is -0.725. The molecule has 2 atom stereocenters. The van der Waals surface area contributed by atoms with Crippen molar-refractivity contribution in [3.05, 3.63) is 302 Å². The summed E-state index contributed by atoms with van der Waals surface area (Å²) in [5.41, 5.74) is 28.3. The second-order valence-corrected chi connectivity index (χ2v) is 23.1. The fourth-order valence-electron chi connectivity index (χ4n) is 13.6. The Bertz CT molecular complexity index is 4030. The van der Waals surface area contributed by atoms with E-state index >= 15 is 0 Å². The normalized spacial score (nSPS) is 14.4. The van der Waals surface area contributed by atoms with Crippen LogP contribution in [-0.2, 0) is 25.3 Å². The molecule has 2 aromatic heterocycles. The molecule has 2 heteroatoms. The molecule has 10 aromatic carbocycles. The van der Waals surface area contributed by atoms with Gasteiger partial charge in [-0.15, -0.1) is 0 Å². The van der Waals surface area contributed by atoms with Crippen LogP contribution < -0.4 is 9.13 Å². The van der Waals surface area contributed by atoms with Crippen LogP contribution in [0.25, 0.3) is 112 Å². The Morgan fingerprint density at radius 2 is 0.762 bits per heavy atom. The Morgan fingerprint density at radius 1 is 0.345 bits per heavy atom. The standard InChI is InChI=1S/C82H72N2/c1-5-8-26-58-39-42-76-78(45-58)82(7-3,81(6-2)84-44-24-22-38-80(76)84)57-66-41-40-65(56-77(66)79-37-21-23-43-83(79)4)63-35-25-36-64(46-63)71-53-74(72-49-67(59-27-13-9-14-28-59)47-68(50-72)60-29-15-10-16-30-60)55-75(54-71)73-51-69(61-31-17-11-18-32-61)48-70(52-73)62-33-19-12-20-34-62/h9-25,27-56,81H,5-8,26,57H2,1-4H3/q+2. The molecule has 12 aromatic rings. The lowest BCUT2D eigenvalue weighted by Crippen LogP contribution is -2.56. The highest BCUT2D eigenvalue weighted by Crippen LogP contribution is 2.50. The molecule has 0 aliphatic carbocycles. The van der Waals surface area contributed by atoms with Crippen molar-refractivity contribution in [2.45, 2.75) is 70.8 Å². The number of aryl methyl sites for hydroxylation is 2. The van der Waals surface area contributed by atoms with E-state index in [4.69, 9.17) is 0 Å². The first-order valence-corrected chi connectivity index (χ1v) is 30.4. The summed E-state index contributed by atoms with van der Waals surface area (Å²) in [4.78, 5) is 0. The number of pyridine rings is 2. The van der Waals surface area contributed by atoms with Crippen molar-refractivity contribution in [3.63, 3.8) is 0 Å². The molecule has 0 bridgehead atoms. The number of fused-ring (bicyclic) bond motifs is 3. The predicted octanol–water partition coefficient (Wildman–Crippen LogP) is 20.7. The molecule has 0 spiro atoms. The molecule has 0 saturated heterocycles. The molecular formula is C82H72N2+2. The maximum atomic E-state index is 2.60. The highest BCUT2D eigenvalue weighted by molar-refractivity contribution is 5.89. The molecule has 1 aliphatic heterocycles. The van der Waals surface area contributed by atoms with E-state index in [1.165, 1.54) is 124 Å². The molecule has 408 valence electrons. The monoisotopic (exact) mass is 1080 g/mol. The van der Waals surface area contributed by atoms with Gasteiger partial charge < -0.3 is 0 Å². The second-order valence-electron chi connectivity index (χ2n) is 23.1. The van der Waals surface area contributed by atoms with Gasteiger partial charge in [0.2, 0.25) is 11.4 Å². The molecule has 3 heterocycles. The average molecular weight is 1090 g/mol. The molecule has 2 unspecified atom stereocenters. The van der Waals surface area contributed by atoms with E-state index < -0.39 is 0 Å². The molecule has 0 fully saturated rings. The maximum Gasteiger partial charge on any atom is 0.213 e. The van der Waals surface area contributed by atoms with E-state index in [1.54, 1.807) is 0 Å². The van der Waals surface area contributed by atoms with E-state index in [2.05, 4.69) is 322 Å². The molecule has 0 radical (unpaired) electrons. The van der Waals surface area contributed by atoms with Gasteiger partial charge in [0, 0.05) is 36.2 Å². The number of unbranched alkanes of at least 4 members (excludes halogenated alkanes) is 1. The molecule has 0 amide bonds. The number of rotatable bonds is 16. The first-order valence-electron chi connectivity index (χ1n) is 30.4. The molecule has 84 heavy (non-hydrogen) atoms. The minimum atomic E-state index is -0.136. The third kappa shape index (κ3) is 10.7. The minimum absolute atomic E-state index is 0.136. The Kier molecular flexibility index (Phi) is 15.2. The van der Waals surface area contributed by atoms with Gasteiger partial charge in [0.1, 0.15) is 7.05 Å². The number of benzene rings is 10. The topological polar surface area (TPSA) is 7.76 Å². The summed E-state index contributed by atoms with van der Waals surface area (Å²) in [5, 5.41) is 0.